The molecule has 0 atom stereocenters. The smallest absolute Gasteiger partial charge is 0.240 e. The van der Waals surface area contributed by atoms with Crippen molar-refractivity contribution in [2.75, 3.05) is 39.8 Å². The molecule has 1 aliphatic heterocycles. The van der Waals surface area contributed by atoms with Gasteiger partial charge < -0.3 is 10.2 Å². The van der Waals surface area contributed by atoms with E-state index in [1.165, 1.54) is 13.0 Å². The average Bonchev–Trinajstić information content (AvgIpc) is 3.11. The first-order valence-electron chi connectivity index (χ1n) is 6.42. The molecule has 0 spiro atoms. The Morgan fingerprint density at radius 2 is 1.88 bits per heavy atom. The fourth-order valence-corrected chi connectivity index (χ4v) is 2.75. The van der Waals surface area contributed by atoms with Gasteiger partial charge in [-0.2, -0.15) is 0 Å². The van der Waals surface area contributed by atoms with E-state index >= 15 is 0 Å². The van der Waals surface area contributed by atoms with Crippen molar-refractivity contribution in [1.82, 2.24) is 15.1 Å². The van der Waals surface area contributed by atoms with Gasteiger partial charge in [0.2, 0.25) is 5.91 Å². The number of likely N-dealkylation sites (N-methyl/N-ethyl adjacent to an activating group) is 1. The van der Waals surface area contributed by atoms with Gasteiger partial charge in [0.15, 0.2) is 0 Å². The van der Waals surface area contributed by atoms with E-state index in [0.717, 1.165) is 39.0 Å². The lowest BCUT2D eigenvalue weighted by Gasteiger charge is -2.38. The van der Waals surface area contributed by atoms with E-state index in [9.17, 15) is 4.79 Å². The van der Waals surface area contributed by atoms with Gasteiger partial charge in [-0.3, -0.25) is 9.69 Å². The molecule has 0 bridgehead atoms. The molecule has 1 amide bonds. The first-order chi connectivity index (χ1) is 7.73. The fraction of sp³-hybridized carbons (Fsp3) is 0.917. The summed E-state index contributed by atoms with van der Waals surface area (Å²) in [6.45, 7) is 7.75. The van der Waals surface area contributed by atoms with E-state index < -0.39 is 0 Å². The van der Waals surface area contributed by atoms with Crippen LogP contribution in [0.2, 0.25) is 0 Å². The number of nitrogens with one attached hydrogen (secondary N) is 1. The molecule has 0 aromatic heterocycles. The summed E-state index contributed by atoms with van der Waals surface area (Å²) in [6, 6.07) is 0. The van der Waals surface area contributed by atoms with Crippen LogP contribution in [0.15, 0.2) is 0 Å². The number of nitrogens with zero attached hydrogens (tertiary/aromatic N) is 2. The van der Waals surface area contributed by atoms with Crippen LogP contribution in [-0.4, -0.2) is 61.0 Å². The second kappa shape index (κ2) is 4.72. The van der Waals surface area contributed by atoms with Gasteiger partial charge in [-0.1, -0.05) is 6.92 Å². The van der Waals surface area contributed by atoms with Crippen LogP contribution < -0.4 is 5.32 Å². The summed E-state index contributed by atoms with van der Waals surface area (Å²) < 4.78 is 0. The summed E-state index contributed by atoms with van der Waals surface area (Å²) in [7, 11) is 1.75. The van der Waals surface area contributed by atoms with Crippen molar-refractivity contribution in [3.63, 3.8) is 0 Å². The van der Waals surface area contributed by atoms with Crippen LogP contribution in [0.4, 0.5) is 0 Å². The Balaban J connectivity index is 1.87. The van der Waals surface area contributed by atoms with Crippen molar-refractivity contribution >= 4 is 5.91 Å². The monoisotopic (exact) mass is 225 g/mol. The Morgan fingerprint density at radius 3 is 2.31 bits per heavy atom. The number of hydrogen-bond acceptors (Lipinski definition) is 3. The zero-order valence-electron chi connectivity index (χ0n) is 10.5. The molecule has 1 heterocycles. The summed E-state index contributed by atoms with van der Waals surface area (Å²) >= 11 is 0. The number of carbonyl (C=O) groups is 1. The summed E-state index contributed by atoms with van der Waals surface area (Å²) in [6.07, 6.45) is 3.31. The van der Waals surface area contributed by atoms with Crippen LogP contribution >= 0.6 is 0 Å². The first-order valence-corrected chi connectivity index (χ1v) is 6.42. The predicted octanol–water partition coefficient (Wildman–Crippen LogP) is 0.293. The minimum absolute atomic E-state index is 0.132. The van der Waals surface area contributed by atoms with Crippen molar-refractivity contribution in [3.05, 3.63) is 0 Å². The maximum atomic E-state index is 11.8. The van der Waals surface area contributed by atoms with E-state index in [2.05, 4.69) is 22.0 Å². The molecule has 1 aliphatic carbocycles. The van der Waals surface area contributed by atoms with Crippen molar-refractivity contribution in [3.8, 4) is 0 Å². The SMILES string of the molecule is CCCN1CCN(C2(C(=O)NC)CC2)CC1. The lowest BCUT2D eigenvalue weighted by molar-refractivity contribution is -0.128. The van der Waals surface area contributed by atoms with E-state index in [4.69, 9.17) is 0 Å². The number of rotatable bonds is 4. The summed E-state index contributed by atoms with van der Waals surface area (Å²) in [5, 5.41) is 2.81. The zero-order valence-corrected chi connectivity index (χ0v) is 10.5. The Labute approximate surface area is 98.0 Å². The molecule has 16 heavy (non-hydrogen) atoms. The van der Waals surface area contributed by atoms with Crippen LogP contribution in [0, 0.1) is 0 Å². The van der Waals surface area contributed by atoms with E-state index in [-0.39, 0.29) is 11.4 Å². The molecule has 0 aromatic rings. The van der Waals surface area contributed by atoms with Gasteiger partial charge in [-0.25, -0.2) is 0 Å². The Hall–Kier alpha value is -0.610. The van der Waals surface area contributed by atoms with Gasteiger partial charge in [0.05, 0.1) is 0 Å². The summed E-state index contributed by atoms with van der Waals surface area (Å²) in [4.78, 5) is 16.7. The highest BCUT2D eigenvalue weighted by molar-refractivity contribution is 5.89. The second-order valence-corrected chi connectivity index (χ2v) is 4.94. The largest absolute Gasteiger partial charge is 0.358 e. The second-order valence-electron chi connectivity index (χ2n) is 4.94. The van der Waals surface area contributed by atoms with Gasteiger partial charge in [0.1, 0.15) is 5.54 Å². The molecule has 0 unspecified atom stereocenters. The molecular weight excluding hydrogens is 202 g/mol. The van der Waals surface area contributed by atoms with E-state index in [1.54, 1.807) is 7.05 Å². The lowest BCUT2D eigenvalue weighted by Crippen LogP contribution is -2.56. The zero-order chi connectivity index (χ0) is 11.6. The number of piperazine rings is 1. The molecule has 2 aliphatic rings. The predicted molar refractivity (Wildman–Crippen MR) is 64.3 cm³/mol. The normalized spacial score (nSPS) is 25.4. The Bertz CT molecular complexity index is 255. The highest BCUT2D eigenvalue weighted by Crippen LogP contribution is 2.42. The first kappa shape index (κ1) is 11.9. The molecule has 1 N–H and O–H groups in total. The minimum Gasteiger partial charge on any atom is -0.358 e. The van der Waals surface area contributed by atoms with Crippen LogP contribution in [0.3, 0.4) is 0 Å². The lowest BCUT2D eigenvalue weighted by atomic mass is 10.1. The standard InChI is InChI=1S/C12H23N3O/c1-3-6-14-7-9-15(10-8-14)12(4-5-12)11(16)13-2/h3-10H2,1-2H3,(H,13,16). The highest BCUT2D eigenvalue weighted by Gasteiger charge is 2.54. The average molecular weight is 225 g/mol. The molecule has 0 radical (unpaired) electrons. The summed E-state index contributed by atoms with van der Waals surface area (Å²) in [5.41, 5.74) is -0.132. The topological polar surface area (TPSA) is 35.6 Å². The maximum Gasteiger partial charge on any atom is 0.240 e. The van der Waals surface area contributed by atoms with Crippen molar-refractivity contribution in [2.45, 2.75) is 31.7 Å². The van der Waals surface area contributed by atoms with E-state index in [0.29, 0.717) is 0 Å². The molecule has 2 fully saturated rings. The van der Waals surface area contributed by atoms with Crippen molar-refractivity contribution in [1.29, 1.82) is 0 Å². The molecule has 2 rings (SSSR count). The third-order valence-corrected chi connectivity index (χ3v) is 3.89. The minimum atomic E-state index is -0.132. The highest BCUT2D eigenvalue weighted by atomic mass is 16.2. The van der Waals surface area contributed by atoms with Crippen LogP contribution in [0.25, 0.3) is 0 Å². The Morgan fingerprint density at radius 1 is 1.25 bits per heavy atom. The van der Waals surface area contributed by atoms with Gasteiger partial charge in [0, 0.05) is 33.2 Å². The van der Waals surface area contributed by atoms with Gasteiger partial charge in [-0.15, -0.1) is 0 Å². The summed E-state index contributed by atoms with van der Waals surface area (Å²) in [5.74, 6) is 0.219. The third-order valence-electron chi connectivity index (χ3n) is 3.89. The number of hydrogen-bond donors (Lipinski definition) is 1. The molecular formula is C12H23N3O. The van der Waals surface area contributed by atoms with Crippen LogP contribution in [-0.2, 0) is 4.79 Å². The van der Waals surface area contributed by atoms with Crippen LogP contribution in [0.5, 0.6) is 0 Å². The quantitative estimate of drug-likeness (QED) is 0.747. The van der Waals surface area contributed by atoms with Crippen LogP contribution in [0.1, 0.15) is 26.2 Å². The molecule has 1 saturated carbocycles. The van der Waals surface area contributed by atoms with Gasteiger partial charge >= 0.3 is 0 Å². The molecule has 1 saturated heterocycles. The van der Waals surface area contributed by atoms with Crippen molar-refractivity contribution in [2.24, 2.45) is 0 Å². The van der Waals surface area contributed by atoms with E-state index in [1.807, 2.05) is 0 Å². The molecule has 92 valence electrons. The molecule has 0 aromatic carbocycles. The molecule has 4 nitrogen and oxygen atoms in total. The van der Waals surface area contributed by atoms with Crippen molar-refractivity contribution < 1.29 is 4.79 Å². The fourth-order valence-electron chi connectivity index (χ4n) is 2.75. The number of amides is 1. The van der Waals surface area contributed by atoms with Gasteiger partial charge in [0.25, 0.3) is 0 Å². The third kappa shape index (κ3) is 2.09. The number of carbonyl (C=O) groups excluding carboxylic acids is 1. The maximum absolute atomic E-state index is 11.8. The van der Waals surface area contributed by atoms with Gasteiger partial charge in [-0.05, 0) is 25.8 Å². The Kier molecular flexibility index (Phi) is 3.50. The molecule has 4 heteroatoms.